The molecule has 30 heavy (non-hydrogen) atoms. The maximum atomic E-state index is 14.2. The molecule has 5 rings (SSSR count). The van der Waals surface area contributed by atoms with Crippen LogP contribution in [-0.4, -0.2) is 51.4 Å². The number of benzene rings is 1. The largest absolute Gasteiger partial charge is 0.377 e. The van der Waals surface area contributed by atoms with Crippen molar-refractivity contribution in [3.05, 3.63) is 41.7 Å². The number of nitrogens with one attached hydrogen (secondary N) is 1. The van der Waals surface area contributed by atoms with Crippen LogP contribution in [0.3, 0.4) is 0 Å². The van der Waals surface area contributed by atoms with Crippen LogP contribution in [0.4, 0.5) is 20.5 Å². The third kappa shape index (κ3) is 3.36. The number of ether oxygens (including phenoxy) is 1. The van der Waals surface area contributed by atoms with E-state index in [1.165, 1.54) is 18.2 Å². The fourth-order valence-electron chi connectivity index (χ4n) is 4.28. The number of rotatable bonds is 6. The maximum absolute atomic E-state index is 14.2. The summed E-state index contributed by atoms with van der Waals surface area (Å²) in [6.07, 6.45) is 3.44. The Hall–Kier alpha value is -2.81. The molecule has 7 nitrogen and oxygen atoms in total. The topological polar surface area (TPSA) is 68.1 Å². The molecule has 1 saturated heterocycles. The maximum Gasteiger partial charge on any atom is 0.229 e. The molecular formula is C21H24F2N6O. The van der Waals surface area contributed by atoms with Crippen LogP contribution in [-0.2, 0) is 11.8 Å². The number of aromatic nitrogens is 4. The second-order valence-corrected chi connectivity index (χ2v) is 7.94. The predicted octanol–water partition coefficient (Wildman–Crippen LogP) is 3.22. The van der Waals surface area contributed by atoms with Crippen LogP contribution in [0.2, 0.25) is 0 Å². The van der Waals surface area contributed by atoms with Crippen molar-refractivity contribution < 1.29 is 13.5 Å². The van der Waals surface area contributed by atoms with E-state index >= 15 is 0 Å². The second kappa shape index (κ2) is 7.46. The van der Waals surface area contributed by atoms with Gasteiger partial charge in [-0.25, -0.2) is 13.8 Å². The standard InChI is InChI=1S/C21H24F2N6O/c1-3-30-12-7-8-29(10-12)21-26-19-18(28(2)11-24-19)20(27-21)25-16-9-13(16)17-14(22)5-4-6-15(17)23/h4-6,11-13,16H,3,7-10H2,1-2H3,(H,25,26,27)/t12-,13+,16+/m0/s1. The highest BCUT2D eigenvalue weighted by atomic mass is 19.1. The van der Waals surface area contributed by atoms with E-state index < -0.39 is 11.6 Å². The quantitative estimate of drug-likeness (QED) is 0.668. The van der Waals surface area contributed by atoms with Crippen molar-refractivity contribution in [2.45, 2.75) is 37.8 Å². The van der Waals surface area contributed by atoms with Crippen molar-refractivity contribution in [3.8, 4) is 0 Å². The normalized spacial score (nSPS) is 23.3. The van der Waals surface area contributed by atoms with Crippen LogP contribution in [0.25, 0.3) is 11.2 Å². The van der Waals surface area contributed by atoms with Gasteiger partial charge in [-0.3, -0.25) is 0 Å². The Kier molecular flexibility index (Phi) is 4.77. The highest BCUT2D eigenvalue weighted by Crippen LogP contribution is 2.45. The number of hydrogen-bond acceptors (Lipinski definition) is 6. The van der Waals surface area contributed by atoms with E-state index in [0.29, 0.717) is 30.4 Å². The van der Waals surface area contributed by atoms with E-state index in [4.69, 9.17) is 9.72 Å². The molecule has 1 aliphatic carbocycles. The van der Waals surface area contributed by atoms with E-state index in [9.17, 15) is 8.78 Å². The lowest BCUT2D eigenvalue weighted by Crippen LogP contribution is -2.25. The first-order valence-electron chi connectivity index (χ1n) is 10.3. The Labute approximate surface area is 173 Å². The molecule has 1 aliphatic heterocycles. The Morgan fingerprint density at radius 2 is 2.03 bits per heavy atom. The monoisotopic (exact) mass is 414 g/mol. The Bertz CT molecular complexity index is 1070. The lowest BCUT2D eigenvalue weighted by molar-refractivity contribution is 0.0787. The van der Waals surface area contributed by atoms with Crippen LogP contribution >= 0.6 is 0 Å². The van der Waals surface area contributed by atoms with E-state index in [1.54, 1.807) is 6.33 Å². The van der Waals surface area contributed by atoms with Crippen LogP contribution < -0.4 is 10.2 Å². The molecule has 2 aliphatic rings. The molecule has 0 bridgehead atoms. The first-order valence-corrected chi connectivity index (χ1v) is 10.3. The van der Waals surface area contributed by atoms with Gasteiger partial charge in [-0.1, -0.05) is 6.07 Å². The fourth-order valence-corrected chi connectivity index (χ4v) is 4.28. The summed E-state index contributed by atoms with van der Waals surface area (Å²) in [4.78, 5) is 15.9. The minimum absolute atomic E-state index is 0.0907. The molecule has 0 unspecified atom stereocenters. The van der Waals surface area contributed by atoms with Gasteiger partial charge in [-0.2, -0.15) is 9.97 Å². The van der Waals surface area contributed by atoms with E-state index in [0.717, 1.165) is 25.0 Å². The van der Waals surface area contributed by atoms with Crippen molar-refractivity contribution in [3.63, 3.8) is 0 Å². The van der Waals surface area contributed by atoms with Gasteiger partial charge in [0.2, 0.25) is 5.95 Å². The first kappa shape index (κ1) is 19.2. The van der Waals surface area contributed by atoms with E-state index in [1.807, 2.05) is 18.5 Å². The molecule has 3 atom stereocenters. The third-order valence-electron chi connectivity index (χ3n) is 5.87. The molecule has 2 aromatic heterocycles. The molecule has 0 spiro atoms. The van der Waals surface area contributed by atoms with Gasteiger partial charge in [0.1, 0.15) is 17.2 Å². The van der Waals surface area contributed by atoms with Crippen LogP contribution in [0.5, 0.6) is 0 Å². The summed E-state index contributed by atoms with van der Waals surface area (Å²) < 4.78 is 35.9. The molecule has 3 heterocycles. The van der Waals surface area contributed by atoms with Gasteiger partial charge in [-0.05, 0) is 31.9 Å². The second-order valence-electron chi connectivity index (χ2n) is 7.94. The Morgan fingerprint density at radius 3 is 2.80 bits per heavy atom. The molecule has 1 N–H and O–H groups in total. The Morgan fingerprint density at radius 1 is 1.23 bits per heavy atom. The summed E-state index contributed by atoms with van der Waals surface area (Å²) in [7, 11) is 1.88. The zero-order chi connectivity index (χ0) is 20.8. The number of fused-ring (bicyclic) bond motifs is 1. The highest BCUT2D eigenvalue weighted by molar-refractivity contribution is 5.85. The minimum Gasteiger partial charge on any atom is -0.377 e. The summed E-state index contributed by atoms with van der Waals surface area (Å²) in [5, 5.41) is 3.39. The number of imidazole rings is 1. The zero-order valence-corrected chi connectivity index (χ0v) is 17.0. The number of aryl methyl sites for hydroxylation is 1. The van der Waals surface area contributed by atoms with Gasteiger partial charge >= 0.3 is 0 Å². The van der Waals surface area contributed by atoms with Crippen LogP contribution in [0, 0.1) is 11.6 Å². The molecule has 0 radical (unpaired) electrons. The minimum atomic E-state index is -0.502. The summed E-state index contributed by atoms with van der Waals surface area (Å²) in [6, 6.07) is 3.91. The molecule has 2 fully saturated rings. The summed E-state index contributed by atoms with van der Waals surface area (Å²) >= 11 is 0. The number of nitrogens with zero attached hydrogens (tertiary/aromatic N) is 5. The first-order chi connectivity index (χ1) is 14.5. The van der Waals surface area contributed by atoms with Gasteiger partial charge in [-0.15, -0.1) is 0 Å². The number of anilines is 2. The molecule has 3 aromatic rings. The molecule has 9 heteroatoms. The molecule has 0 amide bonds. The van der Waals surface area contributed by atoms with Crippen molar-refractivity contribution in [2.75, 3.05) is 29.9 Å². The van der Waals surface area contributed by atoms with Gasteiger partial charge in [0.15, 0.2) is 11.5 Å². The van der Waals surface area contributed by atoms with Crippen LogP contribution in [0.1, 0.15) is 31.2 Å². The SMILES string of the molecule is CCO[C@H]1CCN(c2nc(N[C@@H]3C[C@H]3c3c(F)cccc3F)c3c(ncn3C)n2)C1. The third-order valence-corrected chi connectivity index (χ3v) is 5.87. The predicted molar refractivity (Wildman–Crippen MR) is 110 cm³/mol. The number of halogens is 2. The van der Waals surface area contributed by atoms with Gasteiger partial charge in [0.05, 0.1) is 12.4 Å². The van der Waals surface area contributed by atoms with Gasteiger partial charge in [0, 0.05) is 44.3 Å². The lowest BCUT2D eigenvalue weighted by atomic mass is 10.1. The lowest BCUT2D eigenvalue weighted by Gasteiger charge is -2.18. The Balaban J connectivity index is 1.42. The highest BCUT2D eigenvalue weighted by Gasteiger charge is 2.42. The van der Waals surface area contributed by atoms with Crippen molar-refractivity contribution in [1.82, 2.24) is 19.5 Å². The summed E-state index contributed by atoms with van der Waals surface area (Å²) in [6.45, 7) is 4.22. The number of hydrogen-bond donors (Lipinski definition) is 1. The smallest absolute Gasteiger partial charge is 0.229 e. The molecule has 1 saturated carbocycles. The molecular weight excluding hydrogens is 390 g/mol. The van der Waals surface area contributed by atoms with Crippen molar-refractivity contribution in [2.24, 2.45) is 7.05 Å². The average Bonchev–Trinajstić information content (AvgIpc) is 3.11. The van der Waals surface area contributed by atoms with Crippen LogP contribution in [0.15, 0.2) is 24.5 Å². The summed E-state index contributed by atoms with van der Waals surface area (Å²) in [5.74, 6) is 0.0103. The van der Waals surface area contributed by atoms with Crippen molar-refractivity contribution >= 4 is 22.9 Å². The summed E-state index contributed by atoms with van der Waals surface area (Å²) in [5.41, 5.74) is 1.52. The van der Waals surface area contributed by atoms with E-state index in [2.05, 4.69) is 20.2 Å². The van der Waals surface area contributed by atoms with E-state index in [-0.39, 0.29) is 23.6 Å². The molecule has 158 valence electrons. The average molecular weight is 414 g/mol. The van der Waals surface area contributed by atoms with Gasteiger partial charge < -0.3 is 19.5 Å². The van der Waals surface area contributed by atoms with Gasteiger partial charge in [0.25, 0.3) is 0 Å². The van der Waals surface area contributed by atoms with Crippen molar-refractivity contribution in [1.29, 1.82) is 0 Å². The molecule has 1 aromatic carbocycles. The zero-order valence-electron chi connectivity index (χ0n) is 17.0. The fraction of sp³-hybridized carbons (Fsp3) is 0.476.